The van der Waals surface area contributed by atoms with Crippen molar-refractivity contribution in [2.75, 3.05) is 6.61 Å². The summed E-state index contributed by atoms with van der Waals surface area (Å²) in [5, 5.41) is 12.2. The van der Waals surface area contributed by atoms with Crippen LogP contribution in [0, 0.1) is 17.8 Å². The molecule has 0 aromatic heterocycles. The lowest BCUT2D eigenvalue weighted by Gasteiger charge is -2.29. The summed E-state index contributed by atoms with van der Waals surface area (Å²) in [7, 11) is 0. The van der Waals surface area contributed by atoms with Crippen molar-refractivity contribution in [3.8, 4) is 0 Å². The van der Waals surface area contributed by atoms with E-state index in [2.05, 4.69) is 5.32 Å². The molecule has 2 saturated carbocycles. The lowest BCUT2D eigenvalue weighted by Crippen LogP contribution is -2.50. The van der Waals surface area contributed by atoms with Gasteiger partial charge in [0.15, 0.2) is 0 Å². The van der Waals surface area contributed by atoms with E-state index in [0.29, 0.717) is 0 Å². The highest BCUT2D eigenvalue weighted by Gasteiger charge is 2.48. The molecule has 2 aliphatic carbocycles. The maximum atomic E-state index is 11.9. The lowest BCUT2D eigenvalue weighted by atomic mass is 9.96. The van der Waals surface area contributed by atoms with Gasteiger partial charge in [0.05, 0.1) is 12.1 Å². The van der Waals surface area contributed by atoms with Crippen molar-refractivity contribution in [2.24, 2.45) is 17.8 Å². The summed E-state index contributed by atoms with van der Waals surface area (Å²) in [4.78, 5) is 11.9. The Hall–Kier alpha value is -0.570. The number of carbonyl (C=O) groups excluding carboxylic acids is 1. The fourth-order valence-corrected chi connectivity index (χ4v) is 2.57. The summed E-state index contributed by atoms with van der Waals surface area (Å²) in [6.07, 6.45) is 4.26. The van der Waals surface area contributed by atoms with Gasteiger partial charge < -0.3 is 10.4 Å². The SMILES string of the molecule is CCC(C)(CO)NC(=O)C1CC2CC2C1. The summed E-state index contributed by atoms with van der Waals surface area (Å²) in [5.41, 5.74) is -0.427. The predicted molar refractivity (Wildman–Crippen MR) is 58.2 cm³/mol. The quantitative estimate of drug-likeness (QED) is 0.736. The normalized spacial score (nSPS) is 36.9. The van der Waals surface area contributed by atoms with Gasteiger partial charge in [-0.1, -0.05) is 6.92 Å². The van der Waals surface area contributed by atoms with Crippen LogP contribution < -0.4 is 5.32 Å². The van der Waals surface area contributed by atoms with Gasteiger partial charge in [-0.2, -0.15) is 0 Å². The Morgan fingerprint density at radius 1 is 1.40 bits per heavy atom. The fraction of sp³-hybridized carbons (Fsp3) is 0.917. The number of rotatable bonds is 4. The fourth-order valence-electron chi connectivity index (χ4n) is 2.57. The highest BCUT2D eigenvalue weighted by atomic mass is 16.3. The highest BCUT2D eigenvalue weighted by molar-refractivity contribution is 5.80. The molecule has 3 atom stereocenters. The van der Waals surface area contributed by atoms with Crippen molar-refractivity contribution in [3.05, 3.63) is 0 Å². The second kappa shape index (κ2) is 3.78. The van der Waals surface area contributed by atoms with Crippen LogP contribution in [0.15, 0.2) is 0 Å². The Balaban J connectivity index is 1.86. The van der Waals surface area contributed by atoms with Crippen LogP contribution in [0.5, 0.6) is 0 Å². The largest absolute Gasteiger partial charge is 0.394 e. The molecule has 0 heterocycles. The maximum absolute atomic E-state index is 11.9. The molecule has 2 rings (SSSR count). The zero-order valence-corrected chi connectivity index (χ0v) is 9.62. The average molecular weight is 211 g/mol. The molecule has 0 aromatic rings. The van der Waals surface area contributed by atoms with Gasteiger partial charge in [0, 0.05) is 5.92 Å². The summed E-state index contributed by atoms with van der Waals surface area (Å²) < 4.78 is 0. The Morgan fingerprint density at radius 2 is 2.00 bits per heavy atom. The Morgan fingerprint density at radius 3 is 2.47 bits per heavy atom. The minimum Gasteiger partial charge on any atom is -0.394 e. The smallest absolute Gasteiger partial charge is 0.223 e. The molecule has 2 fully saturated rings. The van der Waals surface area contributed by atoms with Crippen molar-refractivity contribution in [2.45, 2.75) is 45.1 Å². The van der Waals surface area contributed by atoms with Crippen LogP contribution in [0.2, 0.25) is 0 Å². The molecule has 0 aromatic carbocycles. The first kappa shape index (κ1) is 10.9. The number of carbonyl (C=O) groups is 1. The van der Waals surface area contributed by atoms with Crippen LogP contribution in [-0.4, -0.2) is 23.2 Å². The van der Waals surface area contributed by atoms with Gasteiger partial charge in [-0.25, -0.2) is 0 Å². The van der Waals surface area contributed by atoms with E-state index in [4.69, 9.17) is 0 Å². The van der Waals surface area contributed by atoms with Crippen molar-refractivity contribution in [3.63, 3.8) is 0 Å². The number of aliphatic hydroxyl groups excluding tert-OH is 1. The van der Waals surface area contributed by atoms with Gasteiger partial charge in [0.25, 0.3) is 0 Å². The molecule has 2 N–H and O–H groups in total. The van der Waals surface area contributed by atoms with Crippen LogP contribution in [0.4, 0.5) is 0 Å². The Labute approximate surface area is 91.2 Å². The second-order valence-electron chi connectivity index (χ2n) is 5.49. The van der Waals surface area contributed by atoms with E-state index in [9.17, 15) is 9.90 Å². The van der Waals surface area contributed by atoms with E-state index < -0.39 is 5.54 Å². The topological polar surface area (TPSA) is 49.3 Å². The molecular weight excluding hydrogens is 190 g/mol. The third-order valence-corrected chi connectivity index (χ3v) is 4.17. The first-order valence-electron chi connectivity index (χ1n) is 6.01. The maximum Gasteiger partial charge on any atom is 0.223 e. The highest BCUT2D eigenvalue weighted by Crippen LogP contribution is 2.54. The first-order chi connectivity index (χ1) is 7.08. The number of aliphatic hydroxyl groups is 1. The van der Waals surface area contributed by atoms with Crippen molar-refractivity contribution in [1.82, 2.24) is 5.32 Å². The van der Waals surface area contributed by atoms with Gasteiger partial charge in [0.2, 0.25) is 5.91 Å². The minimum atomic E-state index is -0.427. The van der Waals surface area contributed by atoms with E-state index in [1.54, 1.807) is 0 Å². The zero-order chi connectivity index (χ0) is 11.1. The van der Waals surface area contributed by atoms with Crippen LogP contribution in [0.1, 0.15) is 39.5 Å². The van der Waals surface area contributed by atoms with Crippen molar-refractivity contribution in [1.29, 1.82) is 0 Å². The third-order valence-electron chi connectivity index (χ3n) is 4.17. The molecule has 0 bridgehead atoms. The molecule has 3 heteroatoms. The number of hydrogen-bond acceptors (Lipinski definition) is 2. The van der Waals surface area contributed by atoms with Gasteiger partial charge in [-0.15, -0.1) is 0 Å². The van der Waals surface area contributed by atoms with Gasteiger partial charge >= 0.3 is 0 Å². The number of fused-ring (bicyclic) bond motifs is 1. The van der Waals surface area contributed by atoms with Crippen LogP contribution in [0.3, 0.4) is 0 Å². The Kier molecular flexibility index (Phi) is 2.75. The van der Waals surface area contributed by atoms with Gasteiger partial charge in [-0.3, -0.25) is 4.79 Å². The van der Waals surface area contributed by atoms with Crippen molar-refractivity contribution < 1.29 is 9.90 Å². The molecule has 2 aliphatic rings. The van der Waals surface area contributed by atoms with E-state index in [0.717, 1.165) is 31.1 Å². The van der Waals surface area contributed by atoms with Gasteiger partial charge in [0.1, 0.15) is 0 Å². The van der Waals surface area contributed by atoms with Gasteiger partial charge in [-0.05, 0) is 44.4 Å². The van der Waals surface area contributed by atoms with E-state index >= 15 is 0 Å². The average Bonchev–Trinajstić information content (AvgIpc) is 2.85. The summed E-state index contributed by atoms with van der Waals surface area (Å²) in [6, 6.07) is 0. The van der Waals surface area contributed by atoms with E-state index in [1.165, 1.54) is 6.42 Å². The van der Waals surface area contributed by atoms with Crippen LogP contribution in [-0.2, 0) is 4.79 Å². The zero-order valence-electron chi connectivity index (χ0n) is 9.62. The summed E-state index contributed by atoms with van der Waals surface area (Å²) >= 11 is 0. The van der Waals surface area contributed by atoms with E-state index in [-0.39, 0.29) is 18.4 Å². The number of amides is 1. The summed E-state index contributed by atoms with van der Waals surface area (Å²) in [6.45, 7) is 3.91. The number of hydrogen-bond donors (Lipinski definition) is 2. The third kappa shape index (κ3) is 2.17. The van der Waals surface area contributed by atoms with E-state index in [1.807, 2.05) is 13.8 Å². The lowest BCUT2D eigenvalue weighted by molar-refractivity contribution is -0.127. The molecule has 86 valence electrons. The molecule has 15 heavy (non-hydrogen) atoms. The minimum absolute atomic E-state index is 0.0226. The molecular formula is C12H21NO2. The summed E-state index contributed by atoms with van der Waals surface area (Å²) in [5.74, 6) is 2.04. The molecule has 0 spiro atoms. The molecule has 0 aliphatic heterocycles. The second-order valence-corrected chi connectivity index (χ2v) is 5.49. The van der Waals surface area contributed by atoms with Crippen LogP contribution >= 0.6 is 0 Å². The molecule has 3 unspecified atom stereocenters. The molecule has 3 nitrogen and oxygen atoms in total. The Bertz CT molecular complexity index is 250. The predicted octanol–water partition coefficient (Wildman–Crippen LogP) is 1.31. The first-order valence-corrected chi connectivity index (χ1v) is 6.01. The monoisotopic (exact) mass is 211 g/mol. The standard InChI is InChI=1S/C12H21NO2/c1-3-12(2,7-14)13-11(15)10-5-8-4-9(8)6-10/h8-10,14H,3-7H2,1-2H3,(H,13,15). The molecule has 0 radical (unpaired) electrons. The van der Waals surface area contributed by atoms with Crippen LogP contribution in [0.25, 0.3) is 0 Å². The number of nitrogens with one attached hydrogen (secondary N) is 1. The van der Waals surface area contributed by atoms with Crippen molar-refractivity contribution >= 4 is 5.91 Å². The molecule has 0 saturated heterocycles. The molecule has 1 amide bonds.